The van der Waals surface area contributed by atoms with Gasteiger partial charge in [0.1, 0.15) is 30.3 Å². The number of para-hydroxylation sites is 1. The molecule has 1 aliphatic rings. The van der Waals surface area contributed by atoms with E-state index in [2.05, 4.69) is 27.8 Å². The van der Waals surface area contributed by atoms with E-state index in [0.29, 0.717) is 29.4 Å². The van der Waals surface area contributed by atoms with Gasteiger partial charge in [-0.3, -0.25) is 14.9 Å². The van der Waals surface area contributed by atoms with Crippen molar-refractivity contribution in [3.8, 4) is 11.5 Å². The Kier molecular flexibility index (Phi) is 7.42. The standard InChI is InChI=1S/C27H21BrN2O5/c1-2-15-34-24-6-4-3-5-19(24)16-23-25(31)29-27(33)30(26(23)32)21-11-13-22(14-12-21)35-17-18-7-9-20(28)10-8-18/h2-14,16H,1,15,17H2,(H,29,31,33)/b23-16+. The van der Waals surface area contributed by atoms with Crippen LogP contribution in [0.3, 0.4) is 0 Å². The van der Waals surface area contributed by atoms with Crippen molar-refractivity contribution in [2.24, 2.45) is 0 Å². The molecule has 0 aliphatic carbocycles. The zero-order chi connectivity index (χ0) is 24.8. The maximum absolute atomic E-state index is 13.2. The van der Waals surface area contributed by atoms with E-state index in [1.807, 2.05) is 24.3 Å². The maximum Gasteiger partial charge on any atom is 0.335 e. The zero-order valence-corrected chi connectivity index (χ0v) is 20.2. The molecule has 0 spiro atoms. The Morgan fingerprint density at radius 3 is 2.34 bits per heavy atom. The first kappa shape index (κ1) is 24.0. The Morgan fingerprint density at radius 1 is 0.914 bits per heavy atom. The molecule has 1 aliphatic heterocycles. The molecule has 35 heavy (non-hydrogen) atoms. The van der Waals surface area contributed by atoms with Crippen LogP contribution in [0.2, 0.25) is 0 Å². The molecule has 1 saturated heterocycles. The summed E-state index contributed by atoms with van der Waals surface area (Å²) in [6, 6.07) is 20.4. The summed E-state index contributed by atoms with van der Waals surface area (Å²) in [5.41, 5.74) is 1.64. The van der Waals surface area contributed by atoms with E-state index in [9.17, 15) is 14.4 Å². The van der Waals surface area contributed by atoms with Gasteiger partial charge in [-0.15, -0.1) is 0 Å². The summed E-state index contributed by atoms with van der Waals surface area (Å²) in [6.07, 6.45) is 3.00. The summed E-state index contributed by atoms with van der Waals surface area (Å²) < 4.78 is 12.4. The lowest BCUT2D eigenvalue weighted by Gasteiger charge is -2.26. The minimum absolute atomic E-state index is 0.185. The Labute approximate surface area is 210 Å². The molecule has 3 aromatic rings. The Bertz CT molecular complexity index is 1300. The quantitative estimate of drug-likeness (QED) is 0.243. The number of carbonyl (C=O) groups is 3. The molecule has 0 saturated carbocycles. The number of hydrogen-bond donors (Lipinski definition) is 1. The van der Waals surface area contributed by atoms with Gasteiger partial charge >= 0.3 is 6.03 Å². The largest absolute Gasteiger partial charge is 0.489 e. The van der Waals surface area contributed by atoms with Crippen molar-refractivity contribution in [3.63, 3.8) is 0 Å². The van der Waals surface area contributed by atoms with Gasteiger partial charge in [0, 0.05) is 10.0 Å². The number of ether oxygens (including phenoxy) is 2. The molecule has 4 amide bonds. The number of nitrogens with zero attached hydrogens (tertiary/aromatic N) is 1. The van der Waals surface area contributed by atoms with Crippen molar-refractivity contribution in [2.45, 2.75) is 6.61 Å². The van der Waals surface area contributed by atoms with E-state index in [1.54, 1.807) is 54.6 Å². The van der Waals surface area contributed by atoms with Crippen molar-refractivity contribution >= 4 is 45.5 Å². The second-order valence-corrected chi connectivity index (χ2v) is 8.42. The van der Waals surface area contributed by atoms with Gasteiger partial charge in [0.15, 0.2) is 0 Å². The fraction of sp³-hybridized carbons (Fsp3) is 0.0741. The third kappa shape index (κ3) is 5.67. The fourth-order valence-electron chi connectivity index (χ4n) is 3.37. The van der Waals surface area contributed by atoms with E-state index in [4.69, 9.17) is 9.47 Å². The van der Waals surface area contributed by atoms with Crippen molar-refractivity contribution < 1.29 is 23.9 Å². The van der Waals surface area contributed by atoms with Crippen molar-refractivity contribution in [3.05, 3.63) is 107 Å². The highest BCUT2D eigenvalue weighted by Gasteiger charge is 2.37. The summed E-state index contributed by atoms with van der Waals surface area (Å²) in [5.74, 6) is -0.456. The number of imide groups is 2. The Balaban J connectivity index is 1.54. The number of rotatable bonds is 8. The van der Waals surface area contributed by atoms with Gasteiger partial charge < -0.3 is 9.47 Å². The summed E-state index contributed by atoms with van der Waals surface area (Å²) in [4.78, 5) is 39.1. The number of carbonyl (C=O) groups excluding carboxylic acids is 3. The van der Waals surface area contributed by atoms with Crippen molar-refractivity contribution in [1.29, 1.82) is 0 Å². The molecular formula is C27H21BrN2O5. The van der Waals surface area contributed by atoms with Crippen molar-refractivity contribution in [1.82, 2.24) is 5.32 Å². The van der Waals surface area contributed by atoms with Crippen LogP contribution >= 0.6 is 15.9 Å². The second-order valence-electron chi connectivity index (χ2n) is 7.50. The first-order valence-corrected chi connectivity index (χ1v) is 11.5. The lowest BCUT2D eigenvalue weighted by Crippen LogP contribution is -2.54. The summed E-state index contributed by atoms with van der Waals surface area (Å²) in [6.45, 7) is 4.25. The van der Waals surface area contributed by atoms with E-state index in [1.165, 1.54) is 6.08 Å². The van der Waals surface area contributed by atoms with Gasteiger partial charge in [-0.1, -0.05) is 58.9 Å². The number of benzene rings is 3. The number of amides is 4. The van der Waals surface area contributed by atoms with Gasteiger partial charge in [0.05, 0.1) is 5.69 Å². The molecule has 0 aromatic heterocycles. The third-order valence-corrected chi connectivity index (χ3v) is 5.62. The molecule has 4 rings (SSSR count). The topological polar surface area (TPSA) is 84.9 Å². The molecule has 1 N–H and O–H groups in total. The highest BCUT2D eigenvalue weighted by molar-refractivity contribution is 9.10. The lowest BCUT2D eigenvalue weighted by molar-refractivity contribution is -0.122. The number of nitrogens with one attached hydrogen (secondary N) is 1. The first-order chi connectivity index (χ1) is 17.0. The third-order valence-electron chi connectivity index (χ3n) is 5.09. The predicted octanol–water partition coefficient (Wildman–Crippen LogP) is 5.26. The summed E-state index contributed by atoms with van der Waals surface area (Å²) >= 11 is 3.40. The van der Waals surface area contributed by atoms with Crippen LogP contribution in [0.1, 0.15) is 11.1 Å². The molecule has 8 heteroatoms. The van der Waals surface area contributed by atoms with Crippen LogP contribution in [-0.2, 0) is 16.2 Å². The van der Waals surface area contributed by atoms with E-state index >= 15 is 0 Å². The van der Waals surface area contributed by atoms with Crippen molar-refractivity contribution in [2.75, 3.05) is 11.5 Å². The summed E-state index contributed by atoms with van der Waals surface area (Å²) in [5, 5.41) is 2.22. The zero-order valence-electron chi connectivity index (χ0n) is 18.6. The average Bonchev–Trinajstić information content (AvgIpc) is 2.86. The van der Waals surface area contributed by atoms with Crippen LogP contribution in [0, 0.1) is 0 Å². The maximum atomic E-state index is 13.2. The van der Waals surface area contributed by atoms with Crippen LogP contribution in [0.15, 0.2) is 95.5 Å². The second kappa shape index (κ2) is 10.8. The average molecular weight is 533 g/mol. The molecule has 1 fully saturated rings. The van der Waals surface area contributed by atoms with Crippen LogP contribution in [0.25, 0.3) is 6.08 Å². The lowest BCUT2D eigenvalue weighted by atomic mass is 10.1. The monoisotopic (exact) mass is 532 g/mol. The number of barbiturate groups is 1. The Morgan fingerprint density at radius 2 is 1.63 bits per heavy atom. The van der Waals surface area contributed by atoms with Crippen LogP contribution < -0.4 is 19.7 Å². The fourth-order valence-corrected chi connectivity index (χ4v) is 3.63. The minimum Gasteiger partial charge on any atom is -0.489 e. The van der Waals surface area contributed by atoms with Gasteiger partial charge in [-0.05, 0) is 54.1 Å². The van der Waals surface area contributed by atoms with E-state index in [0.717, 1.165) is 14.9 Å². The molecule has 0 bridgehead atoms. The molecule has 176 valence electrons. The molecule has 0 atom stereocenters. The highest BCUT2D eigenvalue weighted by Crippen LogP contribution is 2.27. The van der Waals surface area contributed by atoms with Crippen LogP contribution in [0.5, 0.6) is 11.5 Å². The molecule has 3 aromatic carbocycles. The number of anilines is 1. The van der Waals surface area contributed by atoms with Crippen LogP contribution in [-0.4, -0.2) is 24.5 Å². The SMILES string of the molecule is C=CCOc1ccccc1/C=C1\C(=O)NC(=O)N(c2ccc(OCc3ccc(Br)cc3)cc2)C1=O. The number of halogens is 1. The molecule has 0 radical (unpaired) electrons. The first-order valence-electron chi connectivity index (χ1n) is 10.7. The molecule has 0 unspecified atom stereocenters. The van der Waals surface area contributed by atoms with Gasteiger partial charge in [-0.25, -0.2) is 9.69 Å². The predicted molar refractivity (Wildman–Crippen MR) is 136 cm³/mol. The minimum atomic E-state index is -0.822. The van der Waals surface area contributed by atoms with Gasteiger partial charge in [0.25, 0.3) is 11.8 Å². The molecular weight excluding hydrogens is 512 g/mol. The normalized spacial score (nSPS) is 14.6. The van der Waals surface area contributed by atoms with Gasteiger partial charge in [0.2, 0.25) is 0 Å². The Hall–Kier alpha value is -4.17. The van der Waals surface area contributed by atoms with Gasteiger partial charge in [-0.2, -0.15) is 0 Å². The van der Waals surface area contributed by atoms with E-state index in [-0.39, 0.29) is 12.2 Å². The van der Waals surface area contributed by atoms with Crippen LogP contribution in [0.4, 0.5) is 10.5 Å². The molecule has 7 nitrogen and oxygen atoms in total. The molecule has 1 heterocycles. The number of urea groups is 1. The van der Waals surface area contributed by atoms with E-state index < -0.39 is 17.8 Å². The highest BCUT2D eigenvalue weighted by atomic mass is 79.9. The number of hydrogen-bond acceptors (Lipinski definition) is 5. The smallest absolute Gasteiger partial charge is 0.335 e. The summed E-state index contributed by atoms with van der Waals surface area (Å²) in [7, 11) is 0.